The lowest BCUT2D eigenvalue weighted by atomic mass is 9.83. The van der Waals surface area contributed by atoms with E-state index in [9.17, 15) is 64.5 Å². The van der Waals surface area contributed by atoms with E-state index in [0.29, 0.717) is 53.0 Å². The number of aryl methyl sites for hydroxylation is 1. The summed E-state index contributed by atoms with van der Waals surface area (Å²) in [5.74, 6) is -5.27. The number of anilines is 1. The normalized spacial score (nSPS) is 14.7. The molecule has 4 unspecified atom stereocenters. The number of halogens is 3. The molecule has 0 radical (unpaired) electrons. The van der Waals surface area contributed by atoms with Crippen molar-refractivity contribution in [1.29, 1.82) is 0 Å². The number of benzene rings is 4. The van der Waals surface area contributed by atoms with Crippen LogP contribution in [0.1, 0.15) is 144 Å². The van der Waals surface area contributed by atoms with E-state index in [1.165, 1.54) is 67.6 Å². The number of Topliss-reactive ketones (excluding diaryl/α,β-unsaturated/α-hetero) is 2. The maximum absolute atomic E-state index is 14.9. The molecule has 0 bridgehead atoms. The van der Waals surface area contributed by atoms with Crippen LogP contribution >= 0.6 is 0 Å². The smallest absolute Gasteiger partial charge is 0.416 e. The molecule has 3 aromatic carbocycles. The quantitative estimate of drug-likeness (QED) is 0.00862. The fraction of sp³-hybridized carbons (Fsp3) is 0.395. The number of ketones is 2. The van der Waals surface area contributed by atoms with Crippen molar-refractivity contribution in [3.05, 3.63) is 184 Å². The van der Waals surface area contributed by atoms with E-state index in [0.717, 1.165) is 60.3 Å². The molecule has 0 saturated heterocycles. The first-order valence-corrected chi connectivity index (χ1v) is 35.3. The number of rotatable bonds is 32. The van der Waals surface area contributed by atoms with Crippen molar-refractivity contribution in [1.82, 2.24) is 40.4 Å². The van der Waals surface area contributed by atoms with Gasteiger partial charge in [0, 0.05) is 96.7 Å². The number of esters is 2. The average molecular weight is 1440 g/mol. The molecule has 0 fully saturated rings. The number of nitrogens with one attached hydrogen (secondary N) is 5. The van der Waals surface area contributed by atoms with Crippen LogP contribution in [-0.2, 0) is 90.0 Å². The predicted octanol–water partition coefficient (Wildman–Crippen LogP) is 9.23. The highest BCUT2D eigenvalue weighted by atomic mass is 32.2. The number of carbonyl (C=O) groups is 8. The van der Waals surface area contributed by atoms with Crippen LogP contribution in [0.3, 0.4) is 0 Å². The zero-order chi connectivity index (χ0) is 75.1. The van der Waals surface area contributed by atoms with Crippen LogP contribution in [-0.4, -0.2) is 132 Å². The largest absolute Gasteiger partial charge is 0.744 e. The number of allylic oxidation sites excluding steroid dienone is 5. The van der Waals surface area contributed by atoms with Crippen molar-refractivity contribution in [3.8, 4) is 11.3 Å². The van der Waals surface area contributed by atoms with Gasteiger partial charge >= 0.3 is 18.1 Å². The first-order chi connectivity index (χ1) is 48.7. The van der Waals surface area contributed by atoms with E-state index >= 15 is 0 Å². The number of unbranched alkanes of at least 4 members (excludes halogenated alkanes) is 2. The molecule has 0 spiro atoms. The van der Waals surface area contributed by atoms with Crippen LogP contribution in [0.25, 0.3) is 28.3 Å². The highest BCUT2D eigenvalue weighted by Crippen LogP contribution is 2.49. The van der Waals surface area contributed by atoms with Gasteiger partial charge in [0.1, 0.15) is 64.7 Å². The molecule has 23 nitrogen and oxygen atoms in total. The number of ether oxygens (including phenoxy) is 2. The van der Waals surface area contributed by atoms with E-state index in [1.807, 2.05) is 55.2 Å². The van der Waals surface area contributed by atoms with Crippen LogP contribution in [0.15, 0.2) is 149 Å². The molecular formula is C76H88F3N9O14S. The molecule has 0 saturated carbocycles. The van der Waals surface area contributed by atoms with Crippen molar-refractivity contribution in [3.63, 3.8) is 0 Å². The monoisotopic (exact) mass is 1440 g/mol. The van der Waals surface area contributed by atoms with Crippen molar-refractivity contribution in [2.24, 2.45) is 7.05 Å². The van der Waals surface area contributed by atoms with E-state index < -0.39 is 112 Å². The van der Waals surface area contributed by atoms with E-state index in [2.05, 4.69) is 88.6 Å². The number of fused-ring (bicyclic) bond motifs is 3. The summed E-state index contributed by atoms with van der Waals surface area (Å²) in [5.41, 5.74) is 3.24. The summed E-state index contributed by atoms with van der Waals surface area (Å²) in [6.07, 6.45) is 8.00. The molecular weight excluding hydrogens is 1350 g/mol. The SMILES string of the molecule is CC[N+](CC)=c1ccc2c(C(C)(C)C)cc(/C=C/C=C/C=C3/N(CCCCCC(=O)NC(Cc4cn(C)c5cc(C(F)(F)F)ccc45)C(=O)NC(CCC(C)=O)C(=O)NC(Cc4cnc[nH]4)C(=O)NC(CC(=O)OC)C(=O)COC(=O)c4ccccc4)c4ccc(S(=O)(=O)[O-])cc4C3(C)C)oc-2c1. The third-order valence-electron chi connectivity index (χ3n) is 18.0. The standard InChI is InChI=1S/C76H88F3N9O14S/c1-11-87(12-2)52-29-32-56-57(74(4,5)6)40-53(102-66(56)39-52)24-18-14-19-25-67-75(7,8)58-41-54(103(97,98)99)30-34-63(58)88(67)35-21-15-20-26-68(91)82-61(36-49-44-86(9)64-37-50(76(77,78)79)28-31-55(49)64)71(94)83-59(33-27-47(3)89)70(93)85-62(38-51-43-80-46-81-51)72(95)84-60(42-69(92)100-10)65(90)45-101-73(96)48-22-16-13-17-23-48/h13-14,16-19,22-25,28-32,34,37,39-41,43-44,46,59-62H,11-12,15,20-21,26-27,33,35-36,38,42,45H2,1-10H3,(H5-,80,81,82,83,84,85,91,93,94,95,97,98,99). The van der Waals surface area contributed by atoms with Gasteiger partial charge < -0.3 is 59.0 Å². The van der Waals surface area contributed by atoms with E-state index in [1.54, 1.807) is 24.3 Å². The second-order valence-electron chi connectivity index (χ2n) is 26.9. The summed E-state index contributed by atoms with van der Waals surface area (Å²) in [6.45, 7) is 17.0. The second kappa shape index (κ2) is 34.1. The van der Waals surface area contributed by atoms with Crippen molar-refractivity contribution in [2.75, 3.05) is 38.3 Å². The zero-order valence-electron chi connectivity index (χ0n) is 59.3. The number of H-pyrrole nitrogens is 1. The van der Waals surface area contributed by atoms with Crippen LogP contribution < -0.4 is 36.1 Å². The summed E-state index contributed by atoms with van der Waals surface area (Å²) in [6, 6.07) is 17.1. The van der Waals surface area contributed by atoms with Gasteiger partial charge in [-0.1, -0.05) is 83.5 Å². The maximum atomic E-state index is 14.9. The van der Waals surface area contributed by atoms with Crippen LogP contribution in [0.4, 0.5) is 18.9 Å². The number of carbonyl (C=O) groups excluding carboxylic acids is 8. The van der Waals surface area contributed by atoms with Crippen molar-refractivity contribution in [2.45, 2.75) is 159 Å². The minimum Gasteiger partial charge on any atom is -0.744 e. The Kier molecular flexibility index (Phi) is 26.0. The maximum Gasteiger partial charge on any atom is 0.416 e. The molecule has 5 aromatic rings. The molecule has 103 heavy (non-hydrogen) atoms. The molecule has 2 aromatic heterocycles. The summed E-state index contributed by atoms with van der Waals surface area (Å²) >= 11 is 0. The van der Waals surface area contributed by atoms with Crippen LogP contribution in [0.2, 0.25) is 0 Å². The third kappa shape index (κ3) is 20.5. The second-order valence-corrected chi connectivity index (χ2v) is 28.3. The number of hydrogen-bond donors (Lipinski definition) is 5. The van der Waals surface area contributed by atoms with Gasteiger partial charge in [0.2, 0.25) is 29.0 Å². The molecule has 4 heterocycles. The molecule has 5 N–H and O–H groups in total. The molecule has 8 rings (SSSR count). The molecule has 548 valence electrons. The predicted molar refractivity (Wildman–Crippen MR) is 380 cm³/mol. The number of imidazole rings is 1. The summed E-state index contributed by atoms with van der Waals surface area (Å²) in [5, 5.41) is 11.8. The first kappa shape index (κ1) is 78.4. The minimum atomic E-state index is -4.83. The number of aromatic nitrogens is 3. The van der Waals surface area contributed by atoms with E-state index in [4.69, 9.17) is 13.9 Å². The summed E-state index contributed by atoms with van der Waals surface area (Å²) < 4.78 is 99.2. The number of methoxy groups -OCH3 is 1. The topological polar surface area (TPSA) is 313 Å². The number of hydrogen-bond acceptors (Lipinski definition) is 16. The Morgan fingerprint density at radius 2 is 1.49 bits per heavy atom. The number of amides is 4. The van der Waals surface area contributed by atoms with Crippen molar-refractivity contribution < 1.29 is 78.4 Å². The van der Waals surface area contributed by atoms with Gasteiger partial charge in [-0.25, -0.2) is 22.8 Å². The average Bonchev–Trinajstić information content (AvgIpc) is 1.60. The van der Waals surface area contributed by atoms with Gasteiger partial charge in [0.05, 0.1) is 41.9 Å². The lowest BCUT2D eigenvalue weighted by Crippen LogP contribution is -2.58. The fourth-order valence-electron chi connectivity index (χ4n) is 12.5. The van der Waals surface area contributed by atoms with Gasteiger partial charge in [0.25, 0.3) is 0 Å². The number of nitrogens with zero attached hydrogens (tertiary/aromatic N) is 4. The molecule has 27 heteroatoms. The lowest BCUT2D eigenvalue weighted by molar-refractivity contribution is -0.144. The first-order valence-electron chi connectivity index (χ1n) is 33.9. The third-order valence-corrected chi connectivity index (χ3v) is 18.9. The molecule has 2 aliphatic heterocycles. The van der Waals surface area contributed by atoms with Gasteiger partial charge in [-0.15, -0.1) is 0 Å². The van der Waals surface area contributed by atoms with Gasteiger partial charge in [-0.2, -0.15) is 13.2 Å². The lowest BCUT2D eigenvalue weighted by Gasteiger charge is -2.27. The fourth-order valence-corrected chi connectivity index (χ4v) is 13.0. The Morgan fingerprint density at radius 3 is 2.14 bits per heavy atom. The minimum absolute atomic E-state index is 0.122. The Balaban J connectivity index is 1.01. The van der Waals surface area contributed by atoms with Gasteiger partial charge in [0.15, 0.2) is 12.4 Å². The van der Waals surface area contributed by atoms with Crippen molar-refractivity contribution >= 4 is 79.9 Å². The Morgan fingerprint density at radius 1 is 0.796 bits per heavy atom. The highest BCUT2D eigenvalue weighted by Gasteiger charge is 2.41. The summed E-state index contributed by atoms with van der Waals surface area (Å²) in [4.78, 5) is 118. The van der Waals surface area contributed by atoms with Gasteiger partial charge in [-0.05, 0) is 129 Å². The Hall–Kier alpha value is -10.3. The van der Waals surface area contributed by atoms with Gasteiger partial charge in [-0.3, -0.25) is 28.8 Å². The van der Waals surface area contributed by atoms with Crippen LogP contribution in [0, 0.1) is 0 Å². The molecule has 3 aliphatic rings. The highest BCUT2D eigenvalue weighted by molar-refractivity contribution is 7.85. The number of alkyl halides is 3. The Labute approximate surface area is 596 Å². The zero-order valence-corrected chi connectivity index (χ0v) is 60.1. The van der Waals surface area contributed by atoms with Crippen LogP contribution in [0.5, 0.6) is 0 Å². The van der Waals surface area contributed by atoms with E-state index in [-0.39, 0.29) is 59.9 Å². The number of aromatic amines is 1. The molecule has 4 atom stereocenters. The summed E-state index contributed by atoms with van der Waals surface area (Å²) in [7, 11) is -2.25. The Bertz CT molecular complexity index is 4520. The molecule has 4 amide bonds. The molecule has 1 aliphatic carbocycles.